The van der Waals surface area contributed by atoms with Crippen molar-refractivity contribution in [1.29, 1.82) is 0 Å². The second-order valence-corrected chi connectivity index (χ2v) is 8.66. The normalized spacial score (nSPS) is 18.0. The zero-order chi connectivity index (χ0) is 22.2. The smallest absolute Gasteiger partial charge is 0.270 e. The third kappa shape index (κ3) is 7.06. The number of benzene rings is 2. The summed E-state index contributed by atoms with van der Waals surface area (Å²) in [5.41, 5.74) is 7.60. The van der Waals surface area contributed by atoms with Gasteiger partial charge in [-0.3, -0.25) is 10.1 Å². The molecule has 2 atom stereocenters. The highest BCUT2D eigenvalue weighted by Gasteiger charge is 2.25. The SMILES string of the molecule is COc1ccc(CSc2cc([N+](=O)[O-])ccc2CO[C@@H]2CN[C@H](CNC(N)=S)C2)cc1. The first-order chi connectivity index (χ1) is 14.9. The van der Waals surface area contributed by atoms with Gasteiger partial charge in [-0.15, -0.1) is 11.8 Å². The number of hydrogen-bond donors (Lipinski definition) is 3. The molecule has 10 heteroatoms. The van der Waals surface area contributed by atoms with Crippen LogP contribution in [0.4, 0.5) is 5.69 Å². The Balaban J connectivity index is 1.61. The fraction of sp³-hybridized carbons (Fsp3) is 0.381. The van der Waals surface area contributed by atoms with E-state index in [1.807, 2.05) is 24.3 Å². The number of nitro groups is 1. The van der Waals surface area contributed by atoms with Gasteiger partial charge in [0, 0.05) is 41.9 Å². The Morgan fingerprint density at radius 2 is 2.13 bits per heavy atom. The van der Waals surface area contributed by atoms with Crippen LogP contribution in [0.2, 0.25) is 0 Å². The van der Waals surface area contributed by atoms with Crippen LogP contribution in [0, 0.1) is 10.1 Å². The van der Waals surface area contributed by atoms with Crippen LogP contribution in [0.25, 0.3) is 0 Å². The van der Waals surface area contributed by atoms with Crippen molar-refractivity contribution in [2.24, 2.45) is 5.73 Å². The van der Waals surface area contributed by atoms with Crippen molar-refractivity contribution in [3.63, 3.8) is 0 Å². The van der Waals surface area contributed by atoms with Gasteiger partial charge in [-0.1, -0.05) is 12.1 Å². The Bertz CT molecular complexity index is 911. The van der Waals surface area contributed by atoms with E-state index < -0.39 is 0 Å². The van der Waals surface area contributed by atoms with Crippen LogP contribution in [-0.4, -0.2) is 42.4 Å². The molecule has 2 aromatic rings. The molecular weight excluding hydrogens is 436 g/mol. The van der Waals surface area contributed by atoms with Crippen LogP contribution >= 0.6 is 24.0 Å². The molecule has 0 bridgehead atoms. The molecule has 8 nitrogen and oxygen atoms in total. The monoisotopic (exact) mass is 462 g/mol. The van der Waals surface area contributed by atoms with Crippen molar-refractivity contribution < 1.29 is 14.4 Å². The maximum Gasteiger partial charge on any atom is 0.270 e. The van der Waals surface area contributed by atoms with E-state index in [9.17, 15) is 10.1 Å². The Morgan fingerprint density at radius 1 is 1.35 bits per heavy atom. The molecule has 4 N–H and O–H groups in total. The quantitative estimate of drug-likeness (QED) is 0.212. The molecule has 166 valence electrons. The zero-order valence-corrected chi connectivity index (χ0v) is 18.8. The third-order valence-electron chi connectivity index (χ3n) is 4.99. The molecule has 1 saturated heterocycles. The number of nitrogens with two attached hydrogens (primary N) is 1. The summed E-state index contributed by atoms with van der Waals surface area (Å²) in [5.74, 6) is 1.49. The number of non-ortho nitro benzene ring substituents is 1. The molecule has 0 amide bonds. The Hall–Kier alpha value is -2.40. The molecule has 1 aliphatic heterocycles. The van der Waals surface area contributed by atoms with Crippen LogP contribution < -0.4 is 21.1 Å². The third-order valence-corrected chi connectivity index (χ3v) is 6.31. The lowest BCUT2D eigenvalue weighted by molar-refractivity contribution is -0.385. The van der Waals surface area contributed by atoms with E-state index in [2.05, 4.69) is 10.6 Å². The lowest BCUT2D eigenvalue weighted by Gasteiger charge is -2.14. The topological polar surface area (TPSA) is 112 Å². The van der Waals surface area contributed by atoms with Crippen molar-refractivity contribution in [3.05, 3.63) is 63.7 Å². The number of nitro benzene ring substituents is 1. The highest BCUT2D eigenvalue weighted by atomic mass is 32.2. The molecule has 0 aliphatic carbocycles. The van der Waals surface area contributed by atoms with Crippen molar-refractivity contribution in [2.45, 2.75) is 35.8 Å². The molecule has 3 rings (SSSR count). The Kier molecular flexibility index (Phi) is 8.47. The van der Waals surface area contributed by atoms with E-state index in [0.29, 0.717) is 18.9 Å². The molecule has 0 unspecified atom stereocenters. The van der Waals surface area contributed by atoms with Gasteiger partial charge >= 0.3 is 0 Å². The van der Waals surface area contributed by atoms with Gasteiger partial charge in [-0.05, 0) is 48.0 Å². The van der Waals surface area contributed by atoms with Gasteiger partial charge < -0.3 is 25.8 Å². The lowest BCUT2D eigenvalue weighted by Crippen LogP contribution is -2.39. The van der Waals surface area contributed by atoms with Gasteiger partial charge in [0.05, 0.1) is 24.7 Å². The van der Waals surface area contributed by atoms with Crippen molar-refractivity contribution >= 4 is 34.8 Å². The van der Waals surface area contributed by atoms with Gasteiger partial charge in [0.2, 0.25) is 0 Å². The van der Waals surface area contributed by atoms with E-state index in [1.165, 1.54) is 6.07 Å². The summed E-state index contributed by atoms with van der Waals surface area (Å²) in [6, 6.07) is 13.0. The van der Waals surface area contributed by atoms with Crippen LogP contribution in [-0.2, 0) is 17.1 Å². The van der Waals surface area contributed by atoms with Gasteiger partial charge in [0.15, 0.2) is 5.11 Å². The summed E-state index contributed by atoms with van der Waals surface area (Å²) < 4.78 is 11.3. The first-order valence-electron chi connectivity index (χ1n) is 9.86. The molecule has 1 heterocycles. The summed E-state index contributed by atoms with van der Waals surface area (Å²) in [4.78, 5) is 11.7. The van der Waals surface area contributed by atoms with E-state index in [0.717, 1.165) is 34.7 Å². The number of thioether (sulfide) groups is 1. The second kappa shape index (κ2) is 11.3. The molecule has 1 fully saturated rings. The van der Waals surface area contributed by atoms with E-state index in [-0.39, 0.29) is 27.9 Å². The molecule has 2 aromatic carbocycles. The largest absolute Gasteiger partial charge is 0.497 e. The Morgan fingerprint density at radius 3 is 2.81 bits per heavy atom. The molecule has 1 aliphatic rings. The predicted octanol–water partition coefficient (Wildman–Crippen LogP) is 2.98. The van der Waals surface area contributed by atoms with Gasteiger partial charge in [0.1, 0.15) is 5.75 Å². The minimum absolute atomic E-state index is 0.0628. The molecule has 0 spiro atoms. The first kappa shape index (κ1) is 23.3. The Labute approximate surface area is 191 Å². The predicted molar refractivity (Wildman–Crippen MR) is 125 cm³/mol. The second-order valence-electron chi connectivity index (χ2n) is 7.20. The van der Waals surface area contributed by atoms with E-state index in [4.69, 9.17) is 27.4 Å². The number of rotatable bonds is 10. The standard InChI is InChI=1S/C21H26N4O4S2/c1-28-18-6-2-14(3-7-18)13-31-20-9-17(25(26)27)5-4-15(20)12-29-19-8-16(23-11-19)10-24-21(22)30/h2-7,9,16,19,23H,8,10-13H2,1H3,(H3,22,24,30)/t16-,19-/m0/s1. The van der Waals surface area contributed by atoms with Crippen LogP contribution in [0.3, 0.4) is 0 Å². The number of hydrogen-bond acceptors (Lipinski definition) is 7. The summed E-state index contributed by atoms with van der Waals surface area (Å²) in [7, 11) is 1.63. The van der Waals surface area contributed by atoms with E-state index in [1.54, 1.807) is 31.0 Å². The highest BCUT2D eigenvalue weighted by molar-refractivity contribution is 7.98. The summed E-state index contributed by atoms with van der Waals surface area (Å²) in [6.07, 6.45) is 0.907. The number of thiocarbonyl (C=S) groups is 1. The molecular formula is C21H26N4O4S2. The van der Waals surface area contributed by atoms with Gasteiger partial charge in [0.25, 0.3) is 5.69 Å². The van der Waals surface area contributed by atoms with Crippen molar-refractivity contribution in [3.8, 4) is 5.75 Å². The highest BCUT2D eigenvalue weighted by Crippen LogP contribution is 2.31. The lowest BCUT2D eigenvalue weighted by atomic mass is 10.2. The maximum absolute atomic E-state index is 11.2. The molecule has 0 radical (unpaired) electrons. The summed E-state index contributed by atoms with van der Waals surface area (Å²) in [5, 5.41) is 17.9. The fourth-order valence-corrected chi connectivity index (χ4v) is 4.40. The number of nitrogens with one attached hydrogen (secondary N) is 2. The molecule has 31 heavy (non-hydrogen) atoms. The number of nitrogens with zero attached hydrogens (tertiary/aromatic N) is 1. The maximum atomic E-state index is 11.2. The number of methoxy groups -OCH3 is 1. The first-order valence-corrected chi connectivity index (χ1v) is 11.3. The minimum Gasteiger partial charge on any atom is -0.497 e. The van der Waals surface area contributed by atoms with E-state index >= 15 is 0 Å². The van der Waals surface area contributed by atoms with Crippen molar-refractivity contribution in [2.75, 3.05) is 20.2 Å². The van der Waals surface area contributed by atoms with Crippen molar-refractivity contribution in [1.82, 2.24) is 10.6 Å². The summed E-state index contributed by atoms with van der Waals surface area (Å²) in [6.45, 7) is 1.80. The molecule has 0 aromatic heterocycles. The van der Waals surface area contributed by atoms with Crippen LogP contribution in [0.5, 0.6) is 5.75 Å². The van der Waals surface area contributed by atoms with Crippen LogP contribution in [0.15, 0.2) is 47.4 Å². The van der Waals surface area contributed by atoms with Gasteiger partial charge in [-0.25, -0.2) is 0 Å². The fourth-order valence-electron chi connectivity index (χ4n) is 3.29. The molecule has 0 saturated carbocycles. The number of ether oxygens (including phenoxy) is 2. The van der Waals surface area contributed by atoms with Crippen LogP contribution in [0.1, 0.15) is 17.5 Å². The van der Waals surface area contributed by atoms with Gasteiger partial charge in [-0.2, -0.15) is 0 Å². The average Bonchev–Trinajstić information content (AvgIpc) is 3.23. The minimum atomic E-state index is -0.373. The average molecular weight is 463 g/mol. The summed E-state index contributed by atoms with van der Waals surface area (Å²) >= 11 is 6.40. The zero-order valence-electron chi connectivity index (χ0n) is 17.2.